The molecule has 0 aromatic heterocycles. The quantitative estimate of drug-likeness (QED) is 0.618. The fourth-order valence-corrected chi connectivity index (χ4v) is 2.78. The zero-order chi connectivity index (χ0) is 19.8. The van der Waals surface area contributed by atoms with E-state index in [2.05, 4.69) is 5.32 Å². The molecule has 0 radical (unpaired) electrons. The Morgan fingerprint density at radius 2 is 2.19 bits per heavy atom. The molecule has 0 saturated heterocycles. The van der Waals surface area contributed by atoms with E-state index in [9.17, 15) is 14.4 Å². The number of benzene rings is 1. The largest absolute Gasteiger partial charge is 0.489 e. The molecular formula is C17H19ClN4O5. The van der Waals surface area contributed by atoms with Crippen LogP contribution in [0.5, 0.6) is 5.75 Å². The Labute approximate surface area is 161 Å². The number of amides is 2. The summed E-state index contributed by atoms with van der Waals surface area (Å²) in [7, 11) is 0. The van der Waals surface area contributed by atoms with E-state index < -0.39 is 18.4 Å². The molecule has 0 spiro atoms. The number of nitrogens with zero attached hydrogens (tertiary/aromatic N) is 3. The Morgan fingerprint density at radius 3 is 2.85 bits per heavy atom. The van der Waals surface area contributed by atoms with Crippen molar-refractivity contribution in [1.82, 2.24) is 5.32 Å². The average molecular weight is 395 g/mol. The summed E-state index contributed by atoms with van der Waals surface area (Å²) in [5.74, 6) is -1.57. The maximum atomic E-state index is 12.1. The number of aliphatic carboxylic acids is 1. The Bertz CT molecular complexity index is 764. The van der Waals surface area contributed by atoms with Crippen LogP contribution in [0.1, 0.15) is 6.42 Å². The topological polar surface area (TPSA) is 123 Å². The average Bonchev–Trinajstić information content (AvgIpc) is 2.66. The number of nitriles is 1. The van der Waals surface area contributed by atoms with E-state index in [4.69, 9.17) is 26.7 Å². The van der Waals surface area contributed by atoms with Crippen LogP contribution in [0.3, 0.4) is 0 Å². The molecular weight excluding hydrogens is 376 g/mol. The van der Waals surface area contributed by atoms with E-state index in [1.54, 1.807) is 23.1 Å². The Balaban J connectivity index is 2.17. The number of carbonyl (C=O) groups is 3. The second-order valence-corrected chi connectivity index (χ2v) is 5.95. The lowest BCUT2D eigenvalue weighted by atomic mass is 10.2. The minimum atomic E-state index is -1.11. The van der Waals surface area contributed by atoms with Crippen molar-refractivity contribution in [2.24, 2.45) is 0 Å². The lowest BCUT2D eigenvalue weighted by Crippen LogP contribution is -2.42. The number of ether oxygens (including phenoxy) is 1. The van der Waals surface area contributed by atoms with Crippen LogP contribution in [-0.2, 0) is 14.4 Å². The SMILES string of the molecule is N#CCCN(C(=O)CCl)c1ccc2c(c1)OCCN2CC(=O)NCC(=O)O. The molecule has 0 aliphatic carbocycles. The molecule has 10 heteroatoms. The van der Waals surface area contributed by atoms with E-state index in [0.29, 0.717) is 30.3 Å². The van der Waals surface area contributed by atoms with Crippen LogP contribution in [0.15, 0.2) is 18.2 Å². The first kappa shape index (κ1) is 20.3. The fourth-order valence-electron chi connectivity index (χ4n) is 2.63. The monoisotopic (exact) mass is 394 g/mol. The molecule has 0 saturated carbocycles. The van der Waals surface area contributed by atoms with Gasteiger partial charge in [0.1, 0.15) is 24.8 Å². The molecule has 0 atom stereocenters. The second kappa shape index (κ2) is 9.64. The molecule has 1 aromatic carbocycles. The summed E-state index contributed by atoms with van der Waals surface area (Å²) >= 11 is 5.65. The third-order valence-electron chi connectivity index (χ3n) is 3.85. The minimum Gasteiger partial charge on any atom is -0.489 e. The van der Waals surface area contributed by atoms with Crippen molar-refractivity contribution in [3.8, 4) is 11.8 Å². The van der Waals surface area contributed by atoms with Gasteiger partial charge < -0.3 is 25.0 Å². The molecule has 1 aromatic rings. The Morgan fingerprint density at radius 1 is 1.41 bits per heavy atom. The van der Waals surface area contributed by atoms with Crippen LogP contribution < -0.4 is 19.9 Å². The van der Waals surface area contributed by atoms with Gasteiger partial charge in [0.05, 0.1) is 31.3 Å². The van der Waals surface area contributed by atoms with Gasteiger partial charge in [-0.2, -0.15) is 5.26 Å². The van der Waals surface area contributed by atoms with Gasteiger partial charge in [0.15, 0.2) is 0 Å². The van der Waals surface area contributed by atoms with Gasteiger partial charge in [-0.05, 0) is 12.1 Å². The van der Waals surface area contributed by atoms with Gasteiger partial charge in [-0.3, -0.25) is 14.4 Å². The van der Waals surface area contributed by atoms with E-state index in [0.717, 1.165) is 0 Å². The molecule has 1 aliphatic heterocycles. The number of carbonyl (C=O) groups excluding carboxylic acids is 2. The molecule has 2 N–H and O–H groups in total. The number of nitrogens with one attached hydrogen (secondary N) is 1. The zero-order valence-electron chi connectivity index (χ0n) is 14.5. The Hall–Kier alpha value is -2.99. The van der Waals surface area contributed by atoms with E-state index in [1.807, 2.05) is 6.07 Å². The number of rotatable bonds is 8. The minimum absolute atomic E-state index is 0.0122. The number of hydrogen-bond acceptors (Lipinski definition) is 6. The molecule has 144 valence electrons. The molecule has 9 nitrogen and oxygen atoms in total. The van der Waals surface area contributed by atoms with E-state index in [-0.39, 0.29) is 31.3 Å². The van der Waals surface area contributed by atoms with Crippen LogP contribution >= 0.6 is 11.6 Å². The van der Waals surface area contributed by atoms with Gasteiger partial charge in [0.2, 0.25) is 11.8 Å². The van der Waals surface area contributed by atoms with Crippen molar-refractivity contribution in [2.45, 2.75) is 6.42 Å². The second-order valence-electron chi connectivity index (χ2n) is 5.68. The van der Waals surface area contributed by atoms with Crippen molar-refractivity contribution in [1.29, 1.82) is 5.26 Å². The third kappa shape index (κ3) is 5.49. The van der Waals surface area contributed by atoms with Crippen LogP contribution in [0.2, 0.25) is 0 Å². The third-order valence-corrected chi connectivity index (χ3v) is 4.08. The van der Waals surface area contributed by atoms with Gasteiger partial charge in [-0.1, -0.05) is 0 Å². The predicted octanol–water partition coefficient (Wildman–Crippen LogP) is 0.572. The number of carboxylic acid groups (broad SMARTS) is 1. The van der Waals surface area contributed by atoms with Gasteiger partial charge in [0, 0.05) is 18.3 Å². The summed E-state index contributed by atoms with van der Waals surface area (Å²) in [6.45, 7) is 0.559. The van der Waals surface area contributed by atoms with E-state index >= 15 is 0 Å². The predicted molar refractivity (Wildman–Crippen MR) is 98.1 cm³/mol. The first-order valence-corrected chi connectivity index (χ1v) is 8.73. The van der Waals surface area contributed by atoms with Crippen molar-refractivity contribution in [3.05, 3.63) is 18.2 Å². The van der Waals surface area contributed by atoms with Gasteiger partial charge in [-0.25, -0.2) is 0 Å². The first-order chi connectivity index (χ1) is 13.0. The number of fused-ring (bicyclic) bond motifs is 1. The summed E-state index contributed by atoms with van der Waals surface area (Å²) in [6.07, 6.45) is 0.163. The smallest absolute Gasteiger partial charge is 0.322 e. The summed E-state index contributed by atoms with van der Waals surface area (Å²) in [5.41, 5.74) is 1.21. The maximum Gasteiger partial charge on any atom is 0.322 e. The number of alkyl halides is 1. The highest BCUT2D eigenvalue weighted by Gasteiger charge is 2.23. The molecule has 27 heavy (non-hydrogen) atoms. The van der Waals surface area contributed by atoms with Crippen molar-refractivity contribution in [3.63, 3.8) is 0 Å². The van der Waals surface area contributed by atoms with Crippen LogP contribution in [0, 0.1) is 11.3 Å². The normalized spacial score (nSPS) is 12.4. The van der Waals surface area contributed by atoms with Crippen molar-refractivity contribution in [2.75, 3.05) is 48.5 Å². The zero-order valence-corrected chi connectivity index (χ0v) is 15.2. The number of carboxylic acids is 1. The number of halogens is 1. The van der Waals surface area contributed by atoms with Gasteiger partial charge >= 0.3 is 5.97 Å². The van der Waals surface area contributed by atoms with Crippen LogP contribution in [0.4, 0.5) is 11.4 Å². The van der Waals surface area contributed by atoms with Crippen LogP contribution in [-0.4, -0.2) is 61.6 Å². The fraction of sp³-hybridized carbons (Fsp3) is 0.412. The van der Waals surface area contributed by atoms with Crippen molar-refractivity contribution >= 4 is 40.8 Å². The highest BCUT2D eigenvalue weighted by molar-refractivity contribution is 6.29. The van der Waals surface area contributed by atoms with Gasteiger partial charge in [-0.15, -0.1) is 11.6 Å². The standard InChI is InChI=1S/C17H19ClN4O5/c18-9-16(24)22(5-1-4-19)12-2-3-13-14(8-12)27-7-6-21(13)11-15(23)20-10-17(25)26/h2-3,8H,1,5-7,9-11H2,(H,20,23)(H,25,26). The first-order valence-electron chi connectivity index (χ1n) is 8.19. The summed E-state index contributed by atoms with van der Waals surface area (Å²) < 4.78 is 5.64. The Kier molecular flexibility index (Phi) is 7.25. The highest BCUT2D eigenvalue weighted by atomic mass is 35.5. The summed E-state index contributed by atoms with van der Waals surface area (Å²) in [6, 6.07) is 7.07. The van der Waals surface area contributed by atoms with E-state index in [1.165, 1.54) is 4.90 Å². The molecule has 2 rings (SSSR count). The molecule has 1 heterocycles. The maximum absolute atomic E-state index is 12.1. The number of hydrogen-bond donors (Lipinski definition) is 2. The number of anilines is 2. The highest BCUT2D eigenvalue weighted by Crippen LogP contribution is 2.35. The summed E-state index contributed by atoms with van der Waals surface area (Å²) in [4.78, 5) is 37.7. The summed E-state index contributed by atoms with van der Waals surface area (Å²) in [5, 5.41) is 19.7. The molecule has 0 unspecified atom stereocenters. The molecule has 2 amide bonds. The van der Waals surface area contributed by atoms with Crippen molar-refractivity contribution < 1.29 is 24.2 Å². The molecule has 0 bridgehead atoms. The van der Waals surface area contributed by atoms with Crippen LogP contribution in [0.25, 0.3) is 0 Å². The molecule has 1 aliphatic rings. The lowest BCUT2D eigenvalue weighted by Gasteiger charge is -2.32. The van der Waals surface area contributed by atoms with Gasteiger partial charge in [0.25, 0.3) is 0 Å². The lowest BCUT2D eigenvalue weighted by molar-refractivity contribution is -0.137. The molecule has 0 fully saturated rings.